The zero-order valence-corrected chi connectivity index (χ0v) is 16.1. The molecule has 3 aliphatic heterocycles. The molecule has 0 radical (unpaired) electrons. The molecule has 4 heterocycles. The SMILES string of the molecule is COc1ccc2c(n1)C1(CO2)CN(CC2CCN(C)CC2)c2ccccc21. The van der Waals surface area contributed by atoms with Crippen LogP contribution in [0, 0.1) is 5.92 Å². The molecule has 5 nitrogen and oxygen atoms in total. The summed E-state index contributed by atoms with van der Waals surface area (Å²) in [5, 5.41) is 0. The Labute approximate surface area is 160 Å². The van der Waals surface area contributed by atoms with Gasteiger partial charge in [-0.1, -0.05) is 18.2 Å². The second kappa shape index (κ2) is 6.41. The first kappa shape index (κ1) is 16.9. The molecule has 1 spiro atoms. The first-order valence-electron chi connectivity index (χ1n) is 9.91. The summed E-state index contributed by atoms with van der Waals surface area (Å²) in [6.45, 7) is 5.12. The topological polar surface area (TPSA) is 37.8 Å². The van der Waals surface area contributed by atoms with E-state index in [2.05, 4.69) is 41.1 Å². The van der Waals surface area contributed by atoms with E-state index in [1.165, 1.54) is 37.2 Å². The Morgan fingerprint density at radius 1 is 1.19 bits per heavy atom. The van der Waals surface area contributed by atoms with Crippen molar-refractivity contribution in [3.63, 3.8) is 0 Å². The van der Waals surface area contributed by atoms with Gasteiger partial charge < -0.3 is 19.3 Å². The standard InChI is InChI=1S/C22H27N3O2/c1-24-11-9-16(10-12-24)13-25-14-22(17-5-3-4-6-18(17)25)15-27-19-7-8-20(26-2)23-21(19)22/h3-8,16H,9-15H2,1-2H3. The number of likely N-dealkylation sites (tertiary alicyclic amines) is 1. The van der Waals surface area contributed by atoms with Gasteiger partial charge in [-0.3, -0.25) is 0 Å². The molecule has 5 heteroatoms. The average molecular weight is 365 g/mol. The van der Waals surface area contributed by atoms with Crippen molar-refractivity contribution in [2.75, 3.05) is 51.8 Å². The summed E-state index contributed by atoms with van der Waals surface area (Å²) in [4.78, 5) is 9.83. The average Bonchev–Trinajstić information content (AvgIpc) is 3.23. The van der Waals surface area contributed by atoms with Crippen molar-refractivity contribution >= 4 is 5.69 Å². The molecule has 0 aliphatic carbocycles. The van der Waals surface area contributed by atoms with Crippen LogP contribution in [0.2, 0.25) is 0 Å². The largest absolute Gasteiger partial charge is 0.490 e. The molecule has 142 valence electrons. The molecule has 2 aromatic rings. The molecule has 0 bridgehead atoms. The lowest BCUT2D eigenvalue weighted by Gasteiger charge is -2.33. The number of methoxy groups -OCH3 is 1. The highest BCUT2D eigenvalue weighted by Crippen LogP contribution is 2.51. The van der Waals surface area contributed by atoms with Crippen molar-refractivity contribution in [2.24, 2.45) is 5.92 Å². The van der Waals surface area contributed by atoms with E-state index in [-0.39, 0.29) is 5.41 Å². The highest BCUT2D eigenvalue weighted by molar-refractivity contribution is 5.68. The van der Waals surface area contributed by atoms with Gasteiger partial charge in [0.05, 0.1) is 12.5 Å². The van der Waals surface area contributed by atoms with Gasteiger partial charge in [-0.25, -0.2) is 4.98 Å². The number of para-hydroxylation sites is 1. The van der Waals surface area contributed by atoms with Crippen LogP contribution in [0.15, 0.2) is 36.4 Å². The summed E-state index contributed by atoms with van der Waals surface area (Å²) < 4.78 is 11.5. The monoisotopic (exact) mass is 365 g/mol. The fourth-order valence-electron chi connectivity index (χ4n) is 4.97. The summed E-state index contributed by atoms with van der Waals surface area (Å²) in [6.07, 6.45) is 2.56. The molecule has 1 aromatic heterocycles. The van der Waals surface area contributed by atoms with Gasteiger partial charge in [0.1, 0.15) is 18.1 Å². The second-order valence-electron chi connectivity index (χ2n) is 8.22. The maximum atomic E-state index is 6.09. The molecule has 3 aliphatic rings. The second-order valence-corrected chi connectivity index (χ2v) is 8.22. The molecule has 5 rings (SSSR count). The zero-order valence-electron chi connectivity index (χ0n) is 16.1. The van der Waals surface area contributed by atoms with Crippen molar-refractivity contribution in [3.05, 3.63) is 47.7 Å². The number of nitrogens with zero attached hydrogens (tertiary/aromatic N) is 3. The van der Waals surface area contributed by atoms with Crippen LogP contribution in [0.1, 0.15) is 24.1 Å². The number of anilines is 1. The smallest absolute Gasteiger partial charge is 0.213 e. The van der Waals surface area contributed by atoms with E-state index in [1.54, 1.807) is 7.11 Å². The van der Waals surface area contributed by atoms with Gasteiger partial charge in [-0.15, -0.1) is 0 Å². The van der Waals surface area contributed by atoms with Crippen LogP contribution in [0.4, 0.5) is 5.69 Å². The Morgan fingerprint density at radius 2 is 2.00 bits per heavy atom. The van der Waals surface area contributed by atoms with E-state index in [0.717, 1.165) is 30.5 Å². The van der Waals surface area contributed by atoms with Gasteiger partial charge in [-0.2, -0.15) is 0 Å². The quantitative estimate of drug-likeness (QED) is 0.836. The molecule has 1 unspecified atom stereocenters. The summed E-state index contributed by atoms with van der Waals surface area (Å²) in [5.74, 6) is 2.31. The third-order valence-corrected chi connectivity index (χ3v) is 6.51. The third kappa shape index (κ3) is 2.67. The van der Waals surface area contributed by atoms with Crippen molar-refractivity contribution in [2.45, 2.75) is 18.3 Å². The summed E-state index contributed by atoms with van der Waals surface area (Å²) in [6, 6.07) is 12.7. The van der Waals surface area contributed by atoms with E-state index in [0.29, 0.717) is 12.5 Å². The molecule has 0 saturated carbocycles. The number of piperidine rings is 1. The Morgan fingerprint density at radius 3 is 2.81 bits per heavy atom. The van der Waals surface area contributed by atoms with Gasteiger partial charge >= 0.3 is 0 Å². The van der Waals surface area contributed by atoms with Crippen molar-refractivity contribution in [3.8, 4) is 11.6 Å². The molecule has 0 amide bonds. The molecular weight excluding hydrogens is 338 g/mol. The first-order valence-corrected chi connectivity index (χ1v) is 9.91. The van der Waals surface area contributed by atoms with Crippen LogP contribution in [-0.4, -0.2) is 56.8 Å². The Hall–Kier alpha value is -2.27. The molecule has 1 aromatic carbocycles. The minimum atomic E-state index is -0.189. The maximum Gasteiger partial charge on any atom is 0.213 e. The van der Waals surface area contributed by atoms with Gasteiger partial charge in [0.15, 0.2) is 0 Å². The van der Waals surface area contributed by atoms with Crippen molar-refractivity contribution in [1.82, 2.24) is 9.88 Å². The van der Waals surface area contributed by atoms with E-state index in [9.17, 15) is 0 Å². The fraction of sp³-hybridized carbons (Fsp3) is 0.500. The lowest BCUT2D eigenvalue weighted by molar-refractivity contribution is 0.220. The number of hydrogen-bond acceptors (Lipinski definition) is 5. The minimum Gasteiger partial charge on any atom is -0.490 e. The Bertz CT molecular complexity index is 847. The third-order valence-electron chi connectivity index (χ3n) is 6.51. The van der Waals surface area contributed by atoms with Crippen LogP contribution in [0.25, 0.3) is 0 Å². The summed E-state index contributed by atoms with van der Waals surface area (Å²) >= 11 is 0. The molecule has 1 atom stereocenters. The van der Waals surface area contributed by atoms with Gasteiger partial charge in [0.2, 0.25) is 5.88 Å². The minimum absolute atomic E-state index is 0.189. The van der Waals surface area contributed by atoms with Crippen LogP contribution in [-0.2, 0) is 5.41 Å². The maximum absolute atomic E-state index is 6.09. The van der Waals surface area contributed by atoms with Crippen LogP contribution in [0.3, 0.4) is 0 Å². The van der Waals surface area contributed by atoms with Crippen molar-refractivity contribution < 1.29 is 9.47 Å². The predicted molar refractivity (Wildman–Crippen MR) is 106 cm³/mol. The van der Waals surface area contributed by atoms with Crippen LogP contribution >= 0.6 is 0 Å². The Balaban J connectivity index is 1.50. The highest BCUT2D eigenvalue weighted by atomic mass is 16.5. The van der Waals surface area contributed by atoms with E-state index < -0.39 is 0 Å². The number of pyridine rings is 1. The van der Waals surface area contributed by atoms with Gasteiger partial charge in [0, 0.05) is 24.8 Å². The van der Waals surface area contributed by atoms with Gasteiger partial charge in [-0.05, 0) is 56.6 Å². The summed E-state index contributed by atoms with van der Waals surface area (Å²) in [7, 11) is 3.90. The number of hydrogen-bond donors (Lipinski definition) is 0. The summed E-state index contributed by atoms with van der Waals surface area (Å²) in [5.41, 5.74) is 3.53. The van der Waals surface area contributed by atoms with Crippen LogP contribution < -0.4 is 14.4 Å². The van der Waals surface area contributed by atoms with Crippen molar-refractivity contribution in [1.29, 1.82) is 0 Å². The number of aromatic nitrogens is 1. The lowest BCUT2D eigenvalue weighted by Crippen LogP contribution is -2.40. The number of benzene rings is 1. The van der Waals surface area contributed by atoms with E-state index >= 15 is 0 Å². The van der Waals surface area contributed by atoms with Gasteiger partial charge in [0.25, 0.3) is 0 Å². The molecule has 0 N–H and O–H groups in total. The predicted octanol–water partition coefficient (Wildman–Crippen LogP) is 2.93. The molecule has 1 fully saturated rings. The Kier molecular flexibility index (Phi) is 4.01. The fourth-order valence-corrected chi connectivity index (χ4v) is 4.97. The highest BCUT2D eigenvalue weighted by Gasteiger charge is 2.51. The molecule has 1 saturated heterocycles. The number of rotatable bonds is 3. The van der Waals surface area contributed by atoms with Crippen LogP contribution in [0.5, 0.6) is 11.6 Å². The number of ether oxygens (including phenoxy) is 2. The van der Waals surface area contributed by atoms with E-state index in [1.807, 2.05) is 12.1 Å². The number of fused-ring (bicyclic) bond motifs is 4. The normalized spacial score (nSPS) is 24.7. The molecular formula is C22H27N3O2. The first-order chi connectivity index (χ1) is 13.2. The molecule has 27 heavy (non-hydrogen) atoms. The zero-order chi connectivity index (χ0) is 18.4. The van der Waals surface area contributed by atoms with E-state index in [4.69, 9.17) is 14.5 Å². The lowest BCUT2D eigenvalue weighted by atomic mass is 9.80.